The Bertz CT molecular complexity index is 316. The molecule has 0 radical (unpaired) electrons. The van der Waals surface area contributed by atoms with Gasteiger partial charge >= 0.3 is 0 Å². The van der Waals surface area contributed by atoms with Crippen molar-refractivity contribution in [3.63, 3.8) is 0 Å². The Labute approximate surface area is 132 Å². The number of hydrogen-bond donors (Lipinski definition) is 2. The van der Waals surface area contributed by atoms with Crippen LogP contribution in [0.5, 0.6) is 0 Å². The normalized spacial score (nSPS) is 24.4. The van der Waals surface area contributed by atoms with Gasteiger partial charge < -0.3 is 20.1 Å². The number of unbranched alkanes of at least 4 members (excludes halogenated alkanes) is 1. The van der Waals surface area contributed by atoms with Crippen LogP contribution in [-0.2, 0) is 19.1 Å². The summed E-state index contributed by atoms with van der Waals surface area (Å²) in [7, 11) is 0. The lowest BCUT2D eigenvalue weighted by molar-refractivity contribution is -0.123. The van der Waals surface area contributed by atoms with Gasteiger partial charge in [0.1, 0.15) is 0 Å². The maximum atomic E-state index is 11.7. The highest BCUT2D eigenvalue weighted by molar-refractivity contribution is 5.77. The monoisotopic (exact) mass is 312 g/mol. The Balaban J connectivity index is 1.42. The van der Waals surface area contributed by atoms with E-state index in [1.54, 1.807) is 0 Å². The molecule has 2 N–H and O–H groups in total. The summed E-state index contributed by atoms with van der Waals surface area (Å²) in [5.41, 5.74) is 0. The summed E-state index contributed by atoms with van der Waals surface area (Å²) in [6.45, 7) is 2.84. The summed E-state index contributed by atoms with van der Waals surface area (Å²) in [6, 6.07) is 0. The summed E-state index contributed by atoms with van der Waals surface area (Å²) in [6.07, 6.45) is 7.05. The molecule has 0 saturated carbocycles. The molecular weight excluding hydrogens is 284 g/mol. The predicted molar refractivity (Wildman–Crippen MR) is 82.4 cm³/mol. The fraction of sp³-hybridized carbons (Fsp3) is 0.875. The van der Waals surface area contributed by atoms with E-state index in [1.807, 2.05) is 0 Å². The van der Waals surface area contributed by atoms with Crippen molar-refractivity contribution in [3.05, 3.63) is 0 Å². The molecule has 2 amide bonds. The summed E-state index contributed by atoms with van der Waals surface area (Å²) in [5.74, 6) is 0.102. The van der Waals surface area contributed by atoms with Crippen LogP contribution in [0.25, 0.3) is 0 Å². The first-order valence-corrected chi connectivity index (χ1v) is 8.50. The van der Waals surface area contributed by atoms with Crippen LogP contribution in [0.15, 0.2) is 0 Å². The van der Waals surface area contributed by atoms with Gasteiger partial charge in [-0.3, -0.25) is 9.59 Å². The van der Waals surface area contributed by atoms with Gasteiger partial charge in [0.2, 0.25) is 11.8 Å². The first kappa shape index (κ1) is 17.2. The van der Waals surface area contributed by atoms with Gasteiger partial charge in [0.05, 0.1) is 12.2 Å². The summed E-state index contributed by atoms with van der Waals surface area (Å²) >= 11 is 0. The van der Waals surface area contributed by atoms with Gasteiger partial charge in [-0.2, -0.15) is 0 Å². The Hall–Kier alpha value is -1.14. The molecule has 2 heterocycles. The molecule has 126 valence electrons. The molecule has 2 aliphatic rings. The molecule has 2 saturated heterocycles. The average molecular weight is 312 g/mol. The topological polar surface area (TPSA) is 76.7 Å². The maximum absolute atomic E-state index is 11.7. The van der Waals surface area contributed by atoms with Crippen LogP contribution >= 0.6 is 0 Å². The third-order valence-corrected chi connectivity index (χ3v) is 4.16. The van der Waals surface area contributed by atoms with Crippen LogP contribution in [0.3, 0.4) is 0 Å². The quantitative estimate of drug-likeness (QED) is 0.626. The van der Waals surface area contributed by atoms with Crippen molar-refractivity contribution in [2.75, 3.05) is 26.3 Å². The highest BCUT2D eigenvalue weighted by Crippen LogP contribution is 2.11. The third kappa shape index (κ3) is 6.75. The SMILES string of the molecule is O=C(CCCCC(=O)NC[C@H]1CCCO1)NC[C@H]1CCCO1. The van der Waals surface area contributed by atoms with E-state index in [4.69, 9.17) is 9.47 Å². The predicted octanol–water partition coefficient (Wildman–Crippen LogP) is 1.14. The zero-order valence-electron chi connectivity index (χ0n) is 13.3. The summed E-state index contributed by atoms with van der Waals surface area (Å²) < 4.78 is 10.9. The number of carbonyl (C=O) groups is 2. The van der Waals surface area contributed by atoms with Gasteiger partial charge in [-0.05, 0) is 38.5 Å². The molecular formula is C16H28N2O4. The lowest BCUT2D eigenvalue weighted by Crippen LogP contribution is -2.32. The molecule has 6 nitrogen and oxygen atoms in total. The van der Waals surface area contributed by atoms with E-state index in [-0.39, 0.29) is 24.0 Å². The van der Waals surface area contributed by atoms with E-state index in [1.165, 1.54) is 0 Å². The van der Waals surface area contributed by atoms with Gasteiger partial charge in [0.15, 0.2) is 0 Å². The Kier molecular flexibility index (Phi) is 7.66. The number of hydrogen-bond acceptors (Lipinski definition) is 4. The van der Waals surface area contributed by atoms with Gasteiger partial charge in [-0.1, -0.05) is 0 Å². The first-order valence-electron chi connectivity index (χ1n) is 8.50. The first-order chi connectivity index (χ1) is 10.7. The van der Waals surface area contributed by atoms with Crippen LogP contribution in [-0.4, -0.2) is 50.3 Å². The van der Waals surface area contributed by atoms with Crippen molar-refractivity contribution < 1.29 is 19.1 Å². The highest BCUT2D eigenvalue weighted by Gasteiger charge is 2.17. The molecule has 0 spiro atoms. The van der Waals surface area contributed by atoms with Gasteiger partial charge in [-0.25, -0.2) is 0 Å². The van der Waals surface area contributed by atoms with Crippen molar-refractivity contribution in [1.82, 2.24) is 10.6 Å². The average Bonchev–Trinajstić information content (AvgIpc) is 3.20. The van der Waals surface area contributed by atoms with E-state index < -0.39 is 0 Å². The van der Waals surface area contributed by atoms with Crippen molar-refractivity contribution in [2.45, 2.75) is 63.6 Å². The summed E-state index contributed by atoms with van der Waals surface area (Å²) in [5, 5.41) is 5.79. The Morgan fingerprint density at radius 1 is 0.818 bits per heavy atom. The van der Waals surface area contributed by atoms with E-state index in [9.17, 15) is 9.59 Å². The minimum Gasteiger partial charge on any atom is -0.376 e. The molecule has 6 heteroatoms. The van der Waals surface area contributed by atoms with Crippen molar-refractivity contribution in [3.8, 4) is 0 Å². The van der Waals surface area contributed by atoms with Gasteiger partial charge in [0, 0.05) is 39.1 Å². The smallest absolute Gasteiger partial charge is 0.220 e. The van der Waals surface area contributed by atoms with E-state index in [0.717, 1.165) is 51.7 Å². The molecule has 22 heavy (non-hydrogen) atoms. The molecule has 0 aromatic rings. The molecule has 2 atom stereocenters. The van der Waals surface area contributed by atoms with Crippen LogP contribution in [0.4, 0.5) is 0 Å². The van der Waals surface area contributed by atoms with E-state index in [0.29, 0.717) is 25.9 Å². The maximum Gasteiger partial charge on any atom is 0.220 e. The molecule has 0 unspecified atom stereocenters. The number of rotatable bonds is 9. The molecule has 0 aromatic carbocycles. The largest absolute Gasteiger partial charge is 0.376 e. The molecule has 0 aromatic heterocycles. The molecule has 2 fully saturated rings. The fourth-order valence-corrected chi connectivity index (χ4v) is 2.81. The zero-order valence-corrected chi connectivity index (χ0v) is 13.3. The zero-order chi connectivity index (χ0) is 15.6. The molecule has 2 rings (SSSR count). The second-order valence-corrected chi connectivity index (χ2v) is 6.09. The molecule has 2 aliphatic heterocycles. The van der Waals surface area contributed by atoms with Crippen molar-refractivity contribution in [2.24, 2.45) is 0 Å². The van der Waals surface area contributed by atoms with Crippen molar-refractivity contribution >= 4 is 11.8 Å². The molecule has 0 aliphatic carbocycles. The Morgan fingerprint density at radius 3 is 1.64 bits per heavy atom. The van der Waals surface area contributed by atoms with Crippen LogP contribution < -0.4 is 10.6 Å². The fourth-order valence-electron chi connectivity index (χ4n) is 2.81. The lowest BCUT2D eigenvalue weighted by Gasteiger charge is -2.11. The molecule has 0 bridgehead atoms. The minimum atomic E-state index is 0.0512. The highest BCUT2D eigenvalue weighted by atomic mass is 16.5. The standard InChI is InChI=1S/C16H28N2O4/c19-15(17-11-13-5-3-9-21-13)7-1-2-8-16(20)18-12-14-6-4-10-22-14/h13-14H,1-12H2,(H,17,19)(H,18,20)/t13-,14-/m1/s1. The number of amides is 2. The number of ether oxygens (including phenoxy) is 2. The van der Waals surface area contributed by atoms with E-state index in [2.05, 4.69) is 10.6 Å². The second-order valence-electron chi connectivity index (χ2n) is 6.09. The lowest BCUT2D eigenvalue weighted by atomic mass is 10.1. The third-order valence-electron chi connectivity index (χ3n) is 4.16. The van der Waals surface area contributed by atoms with Crippen LogP contribution in [0.1, 0.15) is 51.4 Å². The minimum absolute atomic E-state index is 0.0512. The Morgan fingerprint density at radius 2 is 1.27 bits per heavy atom. The van der Waals surface area contributed by atoms with Crippen LogP contribution in [0, 0.1) is 0 Å². The summed E-state index contributed by atoms with van der Waals surface area (Å²) in [4.78, 5) is 23.3. The van der Waals surface area contributed by atoms with E-state index >= 15 is 0 Å². The van der Waals surface area contributed by atoms with Gasteiger partial charge in [-0.15, -0.1) is 0 Å². The van der Waals surface area contributed by atoms with Gasteiger partial charge in [0.25, 0.3) is 0 Å². The second kappa shape index (κ2) is 9.79. The number of carbonyl (C=O) groups excluding carboxylic acids is 2. The van der Waals surface area contributed by atoms with Crippen molar-refractivity contribution in [1.29, 1.82) is 0 Å². The van der Waals surface area contributed by atoms with Crippen LogP contribution in [0.2, 0.25) is 0 Å². The number of nitrogens with one attached hydrogen (secondary N) is 2.